The lowest BCUT2D eigenvalue weighted by atomic mass is 10.1. The largest absolute Gasteiger partial charge is 0.350 e. The van der Waals surface area contributed by atoms with Gasteiger partial charge in [0.2, 0.25) is 0 Å². The summed E-state index contributed by atoms with van der Waals surface area (Å²) in [7, 11) is 0. The molecule has 1 aromatic heterocycles. The Morgan fingerprint density at radius 2 is 1.71 bits per heavy atom. The van der Waals surface area contributed by atoms with E-state index in [2.05, 4.69) is 41.2 Å². The van der Waals surface area contributed by atoms with Crippen molar-refractivity contribution in [2.75, 3.05) is 19.6 Å². The summed E-state index contributed by atoms with van der Waals surface area (Å²) >= 11 is 5.96. The molecule has 0 bridgehead atoms. The molecule has 0 aliphatic heterocycles. The van der Waals surface area contributed by atoms with Gasteiger partial charge in [0.25, 0.3) is 5.91 Å². The first-order chi connectivity index (χ1) is 15.0. The van der Waals surface area contributed by atoms with Crippen LogP contribution in [-0.4, -0.2) is 46.7 Å². The fraction of sp³-hybridized carbons (Fsp3) is 0.360. The fourth-order valence-electron chi connectivity index (χ4n) is 3.58. The van der Waals surface area contributed by atoms with E-state index in [1.54, 1.807) is 0 Å². The molecule has 0 unspecified atom stereocenters. The van der Waals surface area contributed by atoms with Crippen molar-refractivity contribution in [1.82, 2.24) is 20.4 Å². The van der Waals surface area contributed by atoms with Gasteiger partial charge in [-0.2, -0.15) is 5.10 Å². The normalized spacial score (nSPS) is 12.2. The molecular weight excluding hydrogens is 408 g/mol. The van der Waals surface area contributed by atoms with Gasteiger partial charge in [0.1, 0.15) is 0 Å². The Kier molecular flexibility index (Phi) is 8.27. The van der Waals surface area contributed by atoms with Crippen molar-refractivity contribution in [2.45, 2.75) is 39.7 Å². The van der Waals surface area contributed by atoms with Gasteiger partial charge in [-0.3, -0.25) is 9.89 Å². The van der Waals surface area contributed by atoms with Gasteiger partial charge < -0.3 is 10.2 Å². The van der Waals surface area contributed by atoms with E-state index in [0.29, 0.717) is 10.6 Å². The standard InChI is InChI=1S/C25H31ClN4O/c1-4-30(5-2)16-6-7-18(3)27-25(31)21-10-8-19(9-11-21)23-17-24(29-28-23)20-12-14-22(26)15-13-20/h8-15,17-18H,4-7,16H2,1-3H3,(H,27,31)(H,28,29)/t18-/m1/s1. The lowest BCUT2D eigenvalue weighted by Gasteiger charge is -2.19. The molecule has 2 aromatic carbocycles. The van der Waals surface area contributed by atoms with Crippen LogP contribution in [-0.2, 0) is 0 Å². The third kappa shape index (κ3) is 6.42. The van der Waals surface area contributed by atoms with Gasteiger partial charge in [-0.25, -0.2) is 0 Å². The van der Waals surface area contributed by atoms with Crippen LogP contribution in [0.3, 0.4) is 0 Å². The Labute approximate surface area is 189 Å². The second-order valence-corrected chi connectivity index (χ2v) is 8.23. The molecule has 0 aliphatic carbocycles. The average Bonchev–Trinajstić information content (AvgIpc) is 3.27. The summed E-state index contributed by atoms with van der Waals surface area (Å²) in [6.45, 7) is 9.64. The summed E-state index contributed by atoms with van der Waals surface area (Å²) < 4.78 is 0. The van der Waals surface area contributed by atoms with Gasteiger partial charge in [-0.1, -0.05) is 49.7 Å². The zero-order valence-electron chi connectivity index (χ0n) is 18.5. The maximum atomic E-state index is 12.6. The molecule has 5 nitrogen and oxygen atoms in total. The molecule has 0 spiro atoms. The topological polar surface area (TPSA) is 61.0 Å². The van der Waals surface area contributed by atoms with Crippen molar-refractivity contribution in [3.05, 3.63) is 65.2 Å². The van der Waals surface area contributed by atoms with Crippen LogP contribution >= 0.6 is 11.6 Å². The average molecular weight is 439 g/mol. The van der Waals surface area contributed by atoms with Crippen LogP contribution < -0.4 is 5.32 Å². The molecule has 2 N–H and O–H groups in total. The number of aromatic nitrogens is 2. The highest BCUT2D eigenvalue weighted by atomic mass is 35.5. The van der Waals surface area contributed by atoms with Crippen LogP contribution in [0.1, 0.15) is 44.0 Å². The summed E-state index contributed by atoms with van der Waals surface area (Å²) in [4.78, 5) is 15.0. The van der Waals surface area contributed by atoms with E-state index in [4.69, 9.17) is 11.6 Å². The van der Waals surface area contributed by atoms with E-state index in [-0.39, 0.29) is 11.9 Å². The molecule has 1 atom stereocenters. The van der Waals surface area contributed by atoms with Crippen LogP contribution in [0, 0.1) is 0 Å². The van der Waals surface area contributed by atoms with Crippen LogP contribution in [0.5, 0.6) is 0 Å². The number of carbonyl (C=O) groups excluding carboxylic acids is 1. The number of halogens is 1. The lowest BCUT2D eigenvalue weighted by Crippen LogP contribution is -2.33. The van der Waals surface area contributed by atoms with Crippen molar-refractivity contribution in [2.24, 2.45) is 0 Å². The quantitative estimate of drug-likeness (QED) is 0.430. The van der Waals surface area contributed by atoms with Crippen molar-refractivity contribution in [3.8, 4) is 22.5 Å². The Morgan fingerprint density at radius 3 is 2.35 bits per heavy atom. The summed E-state index contributed by atoms with van der Waals surface area (Å²) in [5, 5.41) is 11.3. The van der Waals surface area contributed by atoms with Crippen molar-refractivity contribution >= 4 is 17.5 Å². The Balaban J connectivity index is 1.56. The van der Waals surface area contributed by atoms with Crippen molar-refractivity contribution in [3.63, 3.8) is 0 Å². The molecule has 31 heavy (non-hydrogen) atoms. The second kappa shape index (κ2) is 11.1. The smallest absolute Gasteiger partial charge is 0.251 e. The number of carbonyl (C=O) groups is 1. The summed E-state index contributed by atoms with van der Waals surface area (Å²) in [6.07, 6.45) is 2.05. The van der Waals surface area contributed by atoms with E-state index in [0.717, 1.165) is 55.0 Å². The highest BCUT2D eigenvalue weighted by molar-refractivity contribution is 6.30. The van der Waals surface area contributed by atoms with E-state index in [1.165, 1.54) is 0 Å². The molecule has 6 heteroatoms. The van der Waals surface area contributed by atoms with Gasteiger partial charge in [0.05, 0.1) is 11.4 Å². The first kappa shape index (κ1) is 23.0. The van der Waals surface area contributed by atoms with Gasteiger partial charge >= 0.3 is 0 Å². The van der Waals surface area contributed by atoms with Crippen LogP contribution in [0.25, 0.3) is 22.5 Å². The number of nitrogens with zero attached hydrogens (tertiary/aromatic N) is 2. The van der Waals surface area contributed by atoms with E-state index < -0.39 is 0 Å². The minimum absolute atomic E-state index is 0.0363. The Hall–Kier alpha value is -2.63. The first-order valence-corrected chi connectivity index (χ1v) is 11.3. The number of H-pyrrole nitrogens is 1. The van der Waals surface area contributed by atoms with Gasteiger partial charge in [0.15, 0.2) is 0 Å². The number of nitrogens with one attached hydrogen (secondary N) is 2. The molecule has 3 aromatic rings. The first-order valence-electron chi connectivity index (χ1n) is 10.9. The number of rotatable bonds is 10. The van der Waals surface area contributed by atoms with Gasteiger partial charge in [-0.05, 0) is 75.3 Å². The minimum atomic E-state index is -0.0363. The molecule has 3 rings (SSSR count). The zero-order chi connectivity index (χ0) is 22.2. The number of benzene rings is 2. The fourth-order valence-corrected chi connectivity index (χ4v) is 3.71. The highest BCUT2D eigenvalue weighted by Gasteiger charge is 2.12. The van der Waals surface area contributed by atoms with E-state index in [1.807, 2.05) is 54.6 Å². The second-order valence-electron chi connectivity index (χ2n) is 7.79. The summed E-state index contributed by atoms with van der Waals surface area (Å²) in [5.41, 5.74) is 4.40. The molecule has 0 radical (unpaired) electrons. The molecule has 0 saturated heterocycles. The molecule has 0 aliphatic rings. The molecule has 1 heterocycles. The van der Waals surface area contributed by atoms with E-state index >= 15 is 0 Å². The van der Waals surface area contributed by atoms with Crippen molar-refractivity contribution < 1.29 is 4.79 Å². The molecular formula is C25H31ClN4O. The number of hydrogen-bond donors (Lipinski definition) is 2. The third-order valence-electron chi connectivity index (χ3n) is 5.56. The Bertz CT molecular complexity index is 962. The van der Waals surface area contributed by atoms with Crippen molar-refractivity contribution in [1.29, 1.82) is 0 Å². The zero-order valence-corrected chi connectivity index (χ0v) is 19.2. The number of aromatic amines is 1. The van der Waals surface area contributed by atoms with E-state index in [9.17, 15) is 4.79 Å². The predicted octanol–water partition coefficient (Wildman–Crippen LogP) is 5.64. The monoisotopic (exact) mass is 438 g/mol. The number of amides is 1. The SMILES string of the molecule is CCN(CC)CCC[C@@H](C)NC(=O)c1ccc(-c2cc(-c3ccc(Cl)cc3)[nH]n2)cc1. The Morgan fingerprint density at radius 1 is 1.06 bits per heavy atom. The maximum Gasteiger partial charge on any atom is 0.251 e. The van der Waals surface area contributed by atoms with Gasteiger partial charge in [-0.15, -0.1) is 0 Å². The van der Waals surface area contributed by atoms with Crippen LogP contribution in [0.15, 0.2) is 54.6 Å². The molecule has 0 saturated carbocycles. The maximum absolute atomic E-state index is 12.6. The number of hydrogen-bond acceptors (Lipinski definition) is 3. The van der Waals surface area contributed by atoms with Crippen LogP contribution in [0.4, 0.5) is 0 Å². The summed E-state index contributed by atoms with van der Waals surface area (Å²) in [6, 6.07) is 17.3. The van der Waals surface area contributed by atoms with Gasteiger partial charge in [0, 0.05) is 22.2 Å². The molecule has 164 valence electrons. The predicted molar refractivity (Wildman–Crippen MR) is 128 cm³/mol. The third-order valence-corrected chi connectivity index (χ3v) is 5.81. The lowest BCUT2D eigenvalue weighted by molar-refractivity contribution is 0.0937. The minimum Gasteiger partial charge on any atom is -0.350 e. The highest BCUT2D eigenvalue weighted by Crippen LogP contribution is 2.25. The molecule has 1 amide bonds. The molecule has 0 fully saturated rings. The summed E-state index contributed by atoms with van der Waals surface area (Å²) in [5.74, 6) is -0.0363. The van der Waals surface area contributed by atoms with Crippen LogP contribution in [0.2, 0.25) is 5.02 Å².